The topological polar surface area (TPSA) is 106 Å². The number of amides is 3. The van der Waals surface area contributed by atoms with Crippen LogP contribution < -0.4 is 10.2 Å². The number of piperazine rings is 1. The lowest BCUT2D eigenvalue weighted by atomic mass is 9.99. The van der Waals surface area contributed by atoms with Crippen LogP contribution in [0.4, 0.5) is 5.69 Å². The van der Waals surface area contributed by atoms with E-state index in [9.17, 15) is 19.2 Å². The van der Waals surface area contributed by atoms with Gasteiger partial charge in [0.05, 0.1) is 12.6 Å². The third-order valence-corrected chi connectivity index (χ3v) is 10.9. The van der Waals surface area contributed by atoms with Crippen LogP contribution in [-0.4, -0.2) is 128 Å². The van der Waals surface area contributed by atoms with Gasteiger partial charge in [-0.2, -0.15) is 0 Å². The normalized spacial score (nSPS) is 18.8. The smallest absolute Gasteiger partial charge is 0.329 e. The number of ether oxygens (including phenoxy) is 1. The first-order valence-electron chi connectivity index (χ1n) is 21.4. The van der Waals surface area contributed by atoms with Crippen LogP contribution in [0.5, 0.6) is 0 Å². The molecule has 5 rings (SSSR count). The molecule has 0 radical (unpaired) electrons. The van der Waals surface area contributed by atoms with E-state index in [1.54, 1.807) is 24.9 Å². The van der Waals surface area contributed by atoms with Crippen molar-refractivity contribution in [2.24, 2.45) is 5.92 Å². The van der Waals surface area contributed by atoms with Crippen LogP contribution >= 0.6 is 0 Å². The molecule has 0 aliphatic carbocycles. The highest BCUT2D eigenvalue weighted by atomic mass is 16.5. The fourth-order valence-electron chi connectivity index (χ4n) is 7.57. The summed E-state index contributed by atoms with van der Waals surface area (Å²) in [5, 5.41) is 2.40. The Morgan fingerprint density at radius 2 is 1.44 bits per heavy atom. The SMILES string of the molecule is C/C(=C\[C@H](C(C)C)N(C)C(=O)CNC=O)C(=O)N1CCC[C@H]1C(=O)OC(CN1CCN(c2ccccc2)CC1)c1ccccc1.CC(C)N1CCCCC1.CCC. The molecule has 3 aliphatic heterocycles. The summed E-state index contributed by atoms with van der Waals surface area (Å²) in [4.78, 5) is 61.0. The van der Waals surface area contributed by atoms with E-state index in [2.05, 4.69) is 72.0 Å². The van der Waals surface area contributed by atoms with E-state index in [1.165, 1.54) is 49.4 Å². The predicted octanol–water partition coefficient (Wildman–Crippen LogP) is 6.56. The Labute approximate surface area is 343 Å². The lowest BCUT2D eigenvalue weighted by Crippen LogP contribution is -2.48. The zero-order chi connectivity index (χ0) is 41.7. The summed E-state index contributed by atoms with van der Waals surface area (Å²) >= 11 is 0. The summed E-state index contributed by atoms with van der Waals surface area (Å²) in [5.41, 5.74) is 2.61. The predicted molar refractivity (Wildman–Crippen MR) is 231 cm³/mol. The third-order valence-electron chi connectivity index (χ3n) is 10.9. The molecule has 0 aromatic heterocycles. The zero-order valence-electron chi connectivity index (χ0n) is 36.2. The minimum atomic E-state index is -0.671. The van der Waals surface area contributed by atoms with Gasteiger partial charge in [-0.05, 0) is 83.2 Å². The quantitative estimate of drug-likeness (QED) is 0.131. The second kappa shape index (κ2) is 25.2. The molecule has 3 atom stereocenters. The Kier molecular flexibility index (Phi) is 20.9. The molecule has 11 nitrogen and oxygen atoms in total. The zero-order valence-corrected chi connectivity index (χ0v) is 36.2. The summed E-state index contributed by atoms with van der Waals surface area (Å²) < 4.78 is 6.23. The number of anilines is 1. The number of carbonyl (C=O) groups is 4. The largest absolute Gasteiger partial charge is 0.455 e. The van der Waals surface area contributed by atoms with Crippen molar-refractivity contribution in [3.8, 4) is 0 Å². The number of likely N-dealkylation sites (tertiary alicyclic amines) is 2. The van der Waals surface area contributed by atoms with E-state index in [4.69, 9.17) is 4.74 Å². The van der Waals surface area contributed by atoms with Gasteiger partial charge in [0.25, 0.3) is 0 Å². The number of hydrogen-bond acceptors (Lipinski definition) is 8. The summed E-state index contributed by atoms with van der Waals surface area (Å²) in [6.45, 7) is 21.6. The number of likely N-dealkylation sites (N-methyl/N-ethyl adjacent to an activating group) is 1. The molecule has 2 aromatic carbocycles. The number of rotatable bonds is 14. The molecule has 0 bridgehead atoms. The van der Waals surface area contributed by atoms with Crippen LogP contribution in [0.25, 0.3) is 0 Å². The van der Waals surface area contributed by atoms with Crippen molar-refractivity contribution in [3.05, 3.63) is 77.9 Å². The third kappa shape index (κ3) is 15.2. The standard InChI is InChI=1S/C35H47N5O5.C8H17N.C3H8/c1-26(2)31(37(4)33(42)23-36-25-41)22-27(3)34(43)40-17-11-16-30(40)35(44)45-32(28-12-7-5-8-13-28)24-38-18-20-39(21-19-38)29-14-9-6-10-15-29;1-8(2)9-6-4-3-5-7-9;1-3-2/h5-10,12-15,22,25-26,30-32H,11,16-21,23-24H2,1-4H3,(H,36,41);8H,3-7H2,1-2H3;3H2,1-2H3/b27-22+;;/t30-,31+,32?;;/m0../s1. The number of piperidine rings is 1. The van der Waals surface area contributed by atoms with Crippen LogP contribution in [0.3, 0.4) is 0 Å². The first-order chi connectivity index (χ1) is 27.4. The van der Waals surface area contributed by atoms with Gasteiger partial charge >= 0.3 is 5.97 Å². The van der Waals surface area contributed by atoms with Crippen molar-refractivity contribution < 1.29 is 23.9 Å². The van der Waals surface area contributed by atoms with Crippen molar-refractivity contribution >= 4 is 29.9 Å². The highest BCUT2D eigenvalue weighted by Crippen LogP contribution is 2.27. The molecule has 3 amide bonds. The van der Waals surface area contributed by atoms with Crippen molar-refractivity contribution in [1.82, 2.24) is 24.9 Å². The van der Waals surface area contributed by atoms with Gasteiger partial charge in [0.2, 0.25) is 18.2 Å². The number of nitrogens with one attached hydrogen (secondary N) is 1. The first-order valence-corrected chi connectivity index (χ1v) is 21.4. The Hall–Kier alpha value is -4.22. The van der Waals surface area contributed by atoms with Gasteiger partial charge < -0.3 is 29.7 Å². The Morgan fingerprint density at radius 3 is 1.98 bits per heavy atom. The second-order valence-corrected chi connectivity index (χ2v) is 16.1. The Balaban J connectivity index is 0.000000623. The average Bonchev–Trinajstić information content (AvgIpc) is 3.73. The number of hydrogen-bond donors (Lipinski definition) is 1. The van der Waals surface area contributed by atoms with Gasteiger partial charge in [-0.1, -0.05) is 95.1 Å². The van der Waals surface area contributed by atoms with E-state index in [1.807, 2.05) is 50.2 Å². The maximum Gasteiger partial charge on any atom is 0.329 e. The number of para-hydroxylation sites is 1. The van der Waals surface area contributed by atoms with E-state index in [0.29, 0.717) is 37.9 Å². The van der Waals surface area contributed by atoms with Crippen molar-refractivity contribution in [3.63, 3.8) is 0 Å². The molecular weight excluding hydrogens is 717 g/mol. The van der Waals surface area contributed by atoms with Gasteiger partial charge in [0.15, 0.2) is 0 Å². The van der Waals surface area contributed by atoms with Gasteiger partial charge in [-0.3, -0.25) is 19.3 Å². The Bertz CT molecular complexity index is 1510. The monoisotopic (exact) mass is 789 g/mol. The minimum Gasteiger partial charge on any atom is -0.455 e. The fourth-order valence-corrected chi connectivity index (χ4v) is 7.57. The van der Waals surface area contributed by atoms with Crippen LogP contribution in [0.1, 0.15) is 98.7 Å². The van der Waals surface area contributed by atoms with Crippen LogP contribution in [-0.2, 0) is 23.9 Å². The van der Waals surface area contributed by atoms with Crippen LogP contribution in [0, 0.1) is 5.92 Å². The van der Waals surface area contributed by atoms with Crippen molar-refractivity contribution in [2.75, 3.05) is 70.9 Å². The fraction of sp³-hybridized carbons (Fsp3) is 0.609. The molecular formula is C46H72N6O5. The van der Waals surface area contributed by atoms with Gasteiger partial charge in [-0.15, -0.1) is 0 Å². The summed E-state index contributed by atoms with van der Waals surface area (Å²) in [6, 6.07) is 19.9. The van der Waals surface area contributed by atoms with E-state index < -0.39 is 18.1 Å². The van der Waals surface area contributed by atoms with E-state index in [0.717, 1.165) is 37.8 Å². The number of nitrogens with zero attached hydrogens (tertiary/aromatic N) is 5. The maximum absolute atomic E-state index is 13.7. The average molecular weight is 789 g/mol. The number of benzene rings is 2. The minimum absolute atomic E-state index is 0.0264. The summed E-state index contributed by atoms with van der Waals surface area (Å²) in [7, 11) is 1.66. The molecule has 316 valence electrons. The van der Waals surface area contributed by atoms with Crippen molar-refractivity contribution in [2.45, 2.75) is 111 Å². The molecule has 1 N–H and O–H groups in total. The molecule has 0 saturated carbocycles. The van der Waals surface area contributed by atoms with Crippen LogP contribution in [0.2, 0.25) is 0 Å². The lowest BCUT2D eigenvalue weighted by Gasteiger charge is -2.37. The van der Waals surface area contributed by atoms with Gasteiger partial charge in [0, 0.05) is 63.6 Å². The van der Waals surface area contributed by atoms with Crippen LogP contribution in [0.15, 0.2) is 72.3 Å². The summed E-state index contributed by atoms with van der Waals surface area (Å²) in [5.74, 6) is -0.856. The summed E-state index contributed by atoms with van der Waals surface area (Å²) in [6.07, 6.45) is 8.59. The van der Waals surface area contributed by atoms with E-state index in [-0.39, 0.29) is 30.3 Å². The number of esters is 1. The lowest BCUT2D eigenvalue weighted by molar-refractivity contribution is -0.158. The highest BCUT2D eigenvalue weighted by Gasteiger charge is 2.38. The molecule has 3 saturated heterocycles. The molecule has 3 aliphatic rings. The molecule has 1 unspecified atom stereocenters. The molecule has 2 aromatic rings. The van der Waals surface area contributed by atoms with E-state index >= 15 is 0 Å². The first kappa shape index (κ1) is 47.2. The Morgan fingerprint density at radius 1 is 0.842 bits per heavy atom. The van der Waals surface area contributed by atoms with Crippen molar-refractivity contribution in [1.29, 1.82) is 0 Å². The molecule has 3 fully saturated rings. The highest BCUT2D eigenvalue weighted by molar-refractivity contribution is 5.96. The second-order valence-electron chi connectivity index (χ2n) is 16.1. The van der Waals surface area contributed by atoms with Gasteiger partial charge in [-0.25, -0.2) is 4.79 Å². The van der Waals surface area contributed by atoms with Gasteiger partial charge in [0.1, 0.15) is 12.1 Å². The number of carbonyl (C=O) groups excluding carboxylic acids is 4. The molecule has 3 heterocycles. The molecule has 0 spiro atoms. The molecule has 57 heavy (non-hydrogen) atoms. The maximum atomic E-state index is 13.7. The molecule has 11 heteroatoms.